The number of unbranched alkanes of at least 4 members (excludes halogenated alkanes) is 3. The summed E-state index contributed by atoms with van der Waals surface area (Å²) in [5.41, 5.74) is 1.34. The summed E-state index contributed by atoms with van der Waals surface area (Å²) in [5, 5.41) is 20.4. The number of Topliss-reactive ketones (excluding diaryl/α,β-unsaturated/α-hetero) is 1. The van der Waals surface area contributed by atoms with E-state index in [-0.39, 0.29) is 42.1 Å². The topological polar surface area (TPSA) is 103 Å². The number of ketones is 1. The van der Waals surface area contributed by atoms with E-state index < -0.39 is 17.2 Å². The summed E-state index contributed by atoms with van der Waals surface area (Å²) < 4.78 is 1.46. The molecule has 7 nitrogen and oxygen atoms in total. The molecule has 0 aliphatic carbocycles. The Labute approximate surface area is 220 Å². The van der Waals surface area contributed by atoms with Crippen molar-refractivity contribution in [3.05, 3.63) is 67.3 Å². The Morgan fingerprint density at radius 2 is 1.83 bits per heavy atom. The van der Waals surface area contributed by atoms with Gasteiger partial charge in [0.1, 0.15) is 16.0 Å². The maximum Gasteiger partial charge on any atom is 0.271 e. The van der Waals surface area contributed by atoms with E-state index in [1.165, 1.54) is 23.6 Å². The summed E-state index contributed by atoms with van der Waals surface area (Å²) in [4.78, 5) is 40.7. The number of aryl methyl sites for hydroxylation is 1. The van der Waals surface area contributed by atoms with Crippen molar-refractivity contribution >= 4 is 46.1 Å². The van der Waals surface area contributed by atoms with Gasteiger partial charge in [-0.2, -0.15) is 5.26 Å². The number of nitrogens with zero attached hydrogens (tertiary/aromatic N) is 3. The molecule has 2 heterocycles. The Morgan fingerprint density at radius 1 is 1.14 bits per heavy atom. The number of rotatable bonds is 10. The number of thiocarbonyl (C=S) groups is 1. The molecule has 2 aromatic rings. The van der Waals surface area contributed by atoms with Crippen LogP contribution in [-0.2, 0) is 11.3 Å². The van der Waals surface area contributed by atoms with E-state index in [2.05, 4.69) is 6.92 Å². The van der Waals surface area contributed by atoms with Crippen molar-refractivity contribution in [2.45, 2.75) is 59.4 Å². The monoisotopic (exact) mass is 523 g/mol. The second-order valence-corrected chi connectivity index (χ2v) is 10.4. The molecule has 0 radical (unpaired) electrons. The fourth-order valence-corrected chi connectivity index (χ4v) is 5.34. The molecule has 1 aromatic heterocycles. The van der Waals surface area contributed by atoms with E-state index in [1.54, 1.807) is 6.08 Å². The van der Waals surface area contributed by atoms with Crippen LogP contribution >= 0.6 is 24.0 Å². The van der Waals surface area contributed by atoms with Gasteiger partial charge in [0.25, 0.3) is 11.5 Å². The first-order valence-corrected chi connectivity index (χ1v) is 13.1. The SMILES string of the molecule is CCCCCCn1c(O)c(C(=O)CCN2C(=O)/C(=C/c3ccc(C)cc3)SC2=S)c(C)c(C#N)c1=O. The first-order valence-electron chi connectivity index (χ1n) is 11.9. The van der Waals surface area contributed by atoms with E-state index >= 15 is 0 Å². The molecule has 1 aliphatic rings. The third-order valence-corrected chi connectivity index (χ3v) is 7.50. The van der Waals surface area contributed by atoms with Crippen LogP contribution < -0.4 is 5.56 Å². The lowest BCUT2D eigenvalue weighted by molar-refractivity contribution is -0.122. The molecule has 3 rings (SSSR count). The van der Waals surface area contributed by atoms with Crippen molar-refractivity contribution in [3.63, 3.8) is 0 Å². The zero-order valence-electron chi connectivity index (χ0n) is 20.7. The van der Waals surface area contributed by atoms with Crippen LogP contribution in [-0.4, -0.2) is 37.1 Å². The van der Waals surface area contributed by atoms with Crippen LogP contribution in [0.3, 0.4) is 0 Å². The number of thioether (sulfide) groups is 1. The van der Waals surface area contributed by atoms with Crippen molar-refractivity contribution in [1.82, 2.24) is 9.47 Å². The number of aromatic nitrogens is 1. The molecule has 0 unspecified atom stereocenters. The number of nitriles is 1. The molecule has 1 fully saturated rings. The average Bonchev–Trinajstić information content (AvgIpc) is 3.10. The van der Waals surface area contributed by atoms with Gasteiger partial charge in [0.15, 0.2) is 5.78 Å². The van der Waals surface area contributed by atoms with Crippen LogP contribution in [0.2, 0.25) is 0 Å². The number of hydrogen-bond acceptors (Lipinski definition) is 7. The zero-order valence-corrected chi connectivity index (χ0v) is 22.3. The highest BCUT2D eigenvalue weighted by Crippen LogP contribution is 2.33. The molecule has 0 spiro atoms. The molecule has 0 atom stereocenters. The Balaban J connectivity index is 1.80. The third kappa shape index (κ3) is 5.94. The number of carbonyl (C=O) groups excluding carboxylic acids is 2. The largest absolute Gasteiger partial charge is 0.494 e. The van der Waals surface area contributed by atoms with E-state index in [4.69, 9.17) is 12.2 Å². The van der Waals surface area contributed by atoms with Crippen molar-refractivity contribution < 1.29 is 14.7 Å². The summed E-state index contributed by atoms with van der Waals surface area (Å²) in [6.07, 6.45) is 5.17. The van der Waals surface area contributed by atoms with Gasteiger partial charge < -0.3 is 5.11 Å². The maximum absolute atomic E-state index is 13.2. The van der Waals surface area contributed by atoms with Crippen molar-refractivity contribution in [3.8, 4) is 11.9 Å². The highest BCUT2D eigenvalue weighted by atomic mass is 32.2. The molecule has 9 heteroatoms. The lowest BCUT2D eigenvalue weighted by atomic mass is 9.99. The second kappa shape index (κ2) is 12.2. The van der Waals surface area contributed by atoms with Gasteiger partial charge in [-0.3, -0.25) is 23.9 Å². The van der Waals surface area contributed by atoms with Crippen LogP contribution in [0, 0.1) is 25.2 Å². The summed E-state index contributed by atoms with van der Waals surface area (Å²) in [6.45, 7) is 5.79. The summed E-state index contributed by atoms with van der Waals surface area (Å²) in [7, 11) is 0. The van der Waals surface area contributed by atoms with Gasteiger partial charge in [0.05, 0.1) is 10.5 Å². The van der Waals surface area contributed by atoms with Gasteiger partial charge in [0.2, 0.25) is 5.88 Å². The van der Waals surface area contributed by atoms with Gasteiger partial charge in [-0.15, -0.1) is 0 Å². The van der Waals surface area contributed by atoms with Crippen LogP contribution in [0.15, 0.2) is 34.0 Å². The van der Waals surface area contributed by atoms with Gasteiger partial charge in [-0.25, -0.2) is 0 Å². The van der Waals surface area contributed by atoms with Gasteiger partial charge >= 0.3 is 0 Å². The Kier molecular flexibility index (Phi) is 9.24. The summed E-state index contributed by atoms with van der Waals surface area (Å²) >= 11 is 6.55. The van der Waals surface area contributed by atoms with Gasteiger partial charge in [-0.05, 0) is 37.5 Å². The Morgan fingerprint density at radius 3 is 2.47 bits per heavy atom. The highest BCUT2D eigenvalue weighted by molar-refractivity contribution is 8.26. The van der Waals surface area contributed by atoms with Crippen molar-refractivity contribution in [2.24, 2.45) is 0 Å². The average molecular weight is 524 g/mol. The molecule has 1 N–H and O–H groups in total. The minimum atomic E-state index is -0.598. The van der Waals surface area contributed by atoms with Crippen LogP contribution in [0.5, 0.6) is 5.88 Å². The maximum atomic E-state index is 13.2. The molecule has 1 saturated heterocycles. The van der Waals surface area contributed by atoms with E-state index in [0.717, 1.165) is 35.0 Å². The normalized spacial score (nSPS) is 14.5. The predicted octanol–water partition coefficient (Wildman–Crippen LogP) is 5.10. The molecular formula is C27H29N3O4S2. The summed E-state index contributed by atoms with van der Waals surface area (Å²) in [5.74, 6) is -1.17. The Bertz CT molecular complexity index is 1320. The first kappa shape index (κ1) is 27.4. The minimum absolute atomic E-state index is 0.0329. The lowest BCUT2D eigenvalue weighted by Crippen LogP contribution is -2.31. The highest BCUT2D eigenvalue weighted by Gasteiger charge is 2.33. The summed E-state index contributed by atoms with van der Waals surface area (Å²) in [6, 6.07) is 9.63. The molecule has 36 heavy (non-hydrogen) atoms. The zero-order chi connectivity index (χ0) is 26.4. The number of pyridine rings is 1. The quantitative estimate of drug-likeness (QED) is 0.200. The van der Waals surface area contributed by atoms with Crippen LogP contribution in [0.4, 0.5) is 0 Å². The standard InChI is InChI=1S/C27H29N3O4S2/c1-4-5-6-7-13-29-24(32)20(16-28)18(3)23(26(29)34)21(31)12-14-30-25(33)22(36-27(30)35)15-19-10-8-17(2)9-11-19/h8-11,15,34H,4-7,12-14H2,1-3H3/b22-15-. The third-order valence-electron chi connectivity index (χ3n) is 6.13. The fraction of sp³-hybridized carbons (Fsp3) is 0.370. The minimum Gasteiger partial charge on any atom is -0.494 e. The molecule has 0 bridgehead atoms. The molecule has 1 amide bonds. The number of benzene rings is 1. The second-order valence-electron chi connectivity index (χ2n) is 8.75. The molecule has 188 valence electrons. The Hall–Kier alpha value is -3.22. The number of hydrogen-bond donors (Lipinski definition) is 1. The van der Waals surface area contributed by atoms with Crippen molar-refractivity contribution in [2.75, 3.05) is 6.54 Å². The molecule has 0 saturated carbocycles. The van der Waals surface area contributed by atoms with Crippen LogP contribution in [0.1, 0.15) is 71.6 Å². The van der Waals surface area contributed by atoms with Crippen LogP contribution in [0.25, 0.3) is 6.08 Å². The van der Waals surface area contributed by atoms with E-state index in [0.29, 0.717) is 15.6 Å². The first-order chi connectivity index (χ1) is 17.2. The van der Waals surface area contributed by atoms with E-state index in [9.17, 15) is 24.8 Å². The lowest BCUT2D eigenvalue weighted by Gasteiger charge is -2.17. The predicted molar refractivity (Wildman–Crippen MR) is 146 cm³/mol. The van der Waals surface area contributed by atoms with Gasteiger partial charge in [-0.1, -0.05) is 80.0 Å². The number of carbonyl (C=O) groups is 2. The van der Waals surface area contributed by atoms with Gasteiger partial charge in [0, 0.05) is 19.5 Å². The molecular weight excluding hydrogens is 494 g/mol. The van der Waals surface area contributed by atoms with Crippen molar-refractivity contribution in [1.29, 1.82) is 5.26 Å². The molecule has 1 aliphatic heterocycles. The molecule has 1 aromatic carbocycles. The van der Waals surface area contributed by atoms with E-state index in [1.807, 2.05) is 37.3 Å². The fourth-order valence-electron chi connectivity index (χ4n) is 4.03. The number of amides is 1. The smallest absolute Gasteiger partial charge is 0.271 e. The number of aromatic hydroxyl groups is 1.